The van der Waals surface area contributed by atoms with Crippen LogP contribution in [0.15, 0.2) is 30.5 Å². The minimum absolute atomic E-state index is 0.0486. The molecule has 2 heterocycles. The molecule has 2 amide bonds. The molecule has 1 aliphatic heterocycles. The van der Waals surface area contributed by atoms with Gasteiger partial charge < -0.3 is 19.9 Å². The molecule has 0 bridgehead atoms. The molecule has 1 aromatic heterocycles. The number of nitrogens with one attached hydrogen (secondary N) is 2. The zero-order chi connectivity index (χ0) is 20.5. The van der Waals surface area contributed by atoms with Gasteiger partial charge in [-0.15, -0.1) is 0 Å². The van der Waals surface area contributed by atoms with Crippen LogP contribution < -0.4 is 10.6 Å². The highest BCUT2D eigenvalue weighted by Gasteiger charge is 2.37. The number of benzene rings is 1. The van der Waals surface area contributed by atoms with Crippen LogP contribution in [0, 0.1) is 12.4 Å². The van der Waals surface area contributed by atoms with Crippen molar-refractivity contribution in [3.63, 3.8) is 0 Å². The Morgan fingerprint density at radius 3 is 2.61 bits per heavy atom. The molecule has 0 radical (unpaired) electrons. The van der Waals surface area contributed by atoms with Gasteiger partial charge in [-0.2, -0.15) is 0 Å². The van der Waals surface area contributed by atoms with E-state index in [1.165, 1.54) is 29.0 Å². The molecule has 0 unspecified atom stereocenters. The van der Waals surface area contributed by atoms with E-state index < -0.39 is 29.0 Å². The summed E-state index contributed by atoms with van der Waals surface area (Å²) in [6.07, 6.45) is 1.41. The van der Waals surface area contributed by atoms with Crippen LogP contribution in [0.5, 0.6) is 0 Å². The van der Waals surface area contributed by atoms with Gasteiger partial charge >= 0.3 is 0 Å². The van der Waals surface area contributed by atoms with Crippen LogP contribution >= 0.6 is 0 Å². The van der Waals surface area contributed by atoms with Crippen LogP contribution in [0.3, 0.4) is 0 Å². The van der Waals surface area contributed by atoms with Gasteiger partial charge in [-0.3, -0.25) is 14.4 Å². The number of amides is 2. The maximum atomic E-state index is 13.4. The summed E-state index contributed by atoms with van der Waals surface area (Å²) in [5, 5.41) is 5.16. The lowest BCUT2D eigenvalue weighted by Gasteiger charge is -2.38. The first-order valence-electron chi connectivity index (χ1n) is 8.32. The largest absolute Gasteiger partial charge is 0.376 e. The fraction of sp³-hybridized carbons (Fsp3) is 0.263. The lowest BCUT2D eigenvalue weighted by molar-refractivity contribution is -0.126. The summed E-state index contributed by atoms with van der Waals surface area (Å²) in [6.45, 7) is 9.34. The maximum Gasteiger partial charge on any atom is 0.294 e. The van der Waals surface area contributed by atoms with Crippen molar-refractivity contribution >= 4 is 29.0 Å². The van der Waals surface area contributed by atoms with Crippen molar-refractivity contribution < 1.29 is 23.5 Å². The summed E-state index contributed by atoms with van der Waals surface area (Å²) >= 11 is 0. The predicted molar refractivity (Wildman–Crippen MR) is 97.7 cm³/mol. The Bertz CT molecular complexity index is 1020. The van der Waals surface area contributed by atoms with E-state index in [0.717, 1.165) is 6.07 Å². The second-order valence-electron chi connectivity index (χ2n) is 6.79. The van der Waals surface area contributed by atoms with E-state index in [1.54, 1.807) is 14.0 Å². The highest BCUT2D eigenvalue weighted by Crippen LogP contribution is 2.23. The Morgan fingerprint density at radius 1 is 1.29 bits per heavy atom. The first-order chi connectivity index (χ1) is 13.2. The zero-order valence-electron chi connectivity index (χ0n) is 15.2. The topological polar surface area (TPSA) is 93.8 Å². The molecule has 0 atom stereocenters. The van der Waals surface area contributed by atoms with Gasteiger partial charge in [-0.1, -0.05) is 0 Å². The van der Waals surface area contributed by atoms with Crippen LogP contribution in [0.25, 0.3) is 4.85 Å². The fourth-order valence-corrected chi connectivity index (χ4v) is 2.72. The number of aromatic nitrogens is 1. The number of aryl methyl sites for hydroxylation is 1. The number of nitrogens with zero attached hydrogens (tertiary/aromatic N) is 2. The van der Waals surface area contributed by atoms with Crippen molar-refractivity contribution in [2.75, 3.05) is 18.5 Å². The monoisotopic (exact) mass is 384 g/mol. The third kappa shape index (κ3) is 3.77. The lowest BCUT2D eigenvalue weighted by Crippen LogP contribution is -2.61. The molecule has 0 spiro atoms. The molecule has 9 heteroatoms. The molecule has 1 aromatic carbocycles. The molecule has 28 heavy (non-hydrogen) atoms. The molecule has 0 aliphatic carbocycles. The average Bonchev–Trinajstić information content (AvgIpc) is 3.03. The van der Waals surface area contributed by atoms with Crippen LogP contribution in [-0.2, 0) is 16.6 Å². The minimum Gasteiger partial charge on any atom is -0.376 e. The second kappa shape index (κ2) is 7.25. The first kappa shape index (κ1) is 19.3. The number of carbonyl (C=O) groups is 3. The van der Waals surface area contributed by atoms with E-state index >= 15 is 0 Å². The van der Waals surface area contributed by atoms with Gasteiger partial charge in [0.05, 0.1) is 36.6 Å². The van der Waals surface area contributed by atoms with Gasteiger partial charge in [-0.05, 0) is 31.2 Å². The van der Waals surface area contributed by atoms with Gasteiger partial charge in [-0.25, -0.2) is 9.24 Å². The quantitative estimate of drug-likeness (QED) is 0.469. The normalized spacial score (nSPS) is 14.5. The maximum absolute atomic E-state index is 13.4. The lowest BCUT2D eigenvalue weighted by atomic mass is 10.0. The number of carbonyl (C=O) groups excluding carboxylic acids is 3. The average molecular weight is 384 g/mol. The molecular weight excluding hydrogens is 367 g/mol. The highest BCUT2D eigenvalue weighted by molar-refractivity contribution is 6.42. The molecule has 1 saturated heterocycles. The van der Waals surface area contributed by atoms with Crippen LogP contribution in [0.1, 0.15) is 27.8 Å². The van der Waals surface area contributed by atoms with Crippen molar-refractivity contribution in [2.24, 2.45) is 7.05 Å². The van der Waals surface area contributed by atoms with Gasteiger partial charge in [0.25, 0.3) is 17.6 Å². The molecule has 8 nitrogen and oxygen atoms in total. The Morgan fingerprint density at radius 2 is 2.00 bits per heavy atom. The summed E-state index contributed by atoms with van der Waals surface area (Å²) in [4.78, 5) is 40.1. The molecular formula is C19H17FN4O4. The highest BCUT2D eigenvalue weighted by atomic mass is 19.1. The number of hydrogen-bond acceptors (Lipinski definition) is 4. The Kier molecular flexibility index (Phi) is 4.98. The molecule has 144 valence electrons. The van der Waals surface area contributed by atoms with E-state index in [-0.39, 0.29) is 22.6 Å². The molecule has 2 aromatic rings. The third-order valence-electron chi connectivity index (χ3n) is 4.29. The Hall–Kier alpha value is -3.51. The second-order valence-corrected chi connectivity index (χ2v) is 6.79. The molecule has 1 fully saturated rings. The minimum atomic E-state index is -0.779. The van der Waals surface area contributed by atoms with Crippen molar-refractivity contribution in [1.29, 1.82) is 0 Å². The van der Waals surface area contributed by atoms with E-state index in [9.17, 15) is 18.8 Å². The standard InChI is InChI=1S/C19H17FN4O4/c1-19(9-28-10-19)23-18(27)16(25)15-6-11(8-24(15)3)17(26)22-12-4-5-13(20)14(7-12)21-2/h4-8H,9-10H2,1,3H3,(H,22,26)(H,23,27). The zero-order valence-corrected chi connectivity index (χ0v) is 15.2. The van der Waals surface area contributed by atoms with E-state index in [4.69, 9.17) is 11.3 Å². The predicted octanol–water partition coefficient (Wildman–Crippen LogP) is 2.06. The van der Waals surface area contributed by atoms with Crippen molar-refractivity contribution in [3.05, 3.63) is 59.0 Å². The number of Topliss-reactive ketones (excluding diaryl/α,β-unsaturated/α-hetero) is 1. The van der Waals surface area contributed by atoms with Crippen molar-refractivity contribution in [2.45, 2.75) is 12.5 Å². The summed E-state index contributed by atoms with van der Waals surface area (Å²) in [7, 11) is 1.54. The molecule has 3 rings (SSSR count). The molecule has 1 aliphatic rings. The third-order valence-corrected chi connectivity index (χ3v) is 4.29. The van der Waals surface area contributed by atoms with Crippen molar-refractivity contribution in [1.82, 2.24) is 9.88 Å². The fourth-order valence-electron chi connectivity index (χ4n) is 2.72. The number of anilines is 1. The smallest absolute Gasteiger partial charge is 0.294 e. The number of rotatable bonds is 5. The van der Waals surface area contributed by atoms with Crippen LogP contribution in [-0.4, -0.2) is 40.9 Å². The number of ether oxygens (including phenoxy) is 1. The van der Waals surface area contributed by atoms with E-state index in [0.29, 0.717) is 13.2 Å². The molecule has 0 saturated carbocycles. The van der Waals surface area contributed by atoms with Gasteiger partial charge in [0, 0.05) is 18.9 Å². The number of ketones is 1. The summed E-state index contributed by atoms with van der Waals surface area (Å²) in [6, 6.07) is 4.92. The van der Waals surface area contributed by atoms with Gasteiger partial charge in [0.1, 0.15) is 5.82 Å². The van der Waals surface area contributed by atoms with E-state index in [1.807, 2.05) is 0 Å². The Labute approximate surface area is 160 Å². The van der Waals surface area contributed by atoms with Crippen LogP contribution in [0.4, 0.5) is 15.8 Å². The molecule has 2 N–H and O–H groups in total. The Balaban J connectivity index is 1.74. The van der Waals surface area contributed by atoms with Gasteiger partial charge in [0.15, 0.2) is 0 Å². The van der Waals surface area contributed by atoms with Crippen LogP contribution in [0.2, 0.25) is 0 Å². The van der Waals surface area contributed by atoms with E-state index in [2.05, 4.69) is 15.5 Å². The van der Waals surface area contributed by atoms with Crippen molar-refractivity contribution in [3.8, 4) is 0 Å². The SMILES string of the molecule is [C-]#[N+]c1cc(NC(=O)c2cc(C(=O)C(=O)NC3(C)COC3)n(C)c2)ccc1F. The summed E-state index contributed by atoms with van der Waals surface area (Å²) in [5.74, 6) is -2.79. The first-order valence-corrected chi connectivity index (χ1v) is 8.32. The number of halogens is 1. The number of hydrogen-bond donors (Lipinski definition) is 2. The van der Waals surface area contributed by atoms with Gasteiger partial charge in [0.2, 0.25) is 5.69 Å². The summed E-state index contributed by atoms with van der Waals surface area (Å²) < 4.78 is 19.8. The summed E-state index contributed by atoms with van der Waals surface area (Å²) in [5.41, 5.74) is -0.351.